The van der Waals surface area contributed by atoms with Crippen molar-refractivity contribution in [2.24, 2.45) is 5.92 Å². The third kappa shape index (κ3) is 3.42. The van der Waals surface area contributed by atoms with Crippen molar-refractivity contribution in [2.45, 2.75) is 45.2 Å². The quantitative estimate of drug-likeness (QED) is 0.728. The molecule has 17 heavy (non-hydrogen) atoms. The van der Waals surface area contributed by atoms with Gasteiger partial charge in [-0.3, -0.25) is 9.69 Å². The van der Waals surface area contributed by atoms with Gasteiger partial charge in [0, 0.05) is 25.7 Å². The Labute approximate surface area is 104 Å². The standard InChI is InChI=1S/C13H24N2O2/c1-3-17-13(16)12-9-14-6-7-15(12)10(2)8-11-4-5-11/h10-12,14H,3-9H2,1-2H3. The summed E-state index contributed by atoms with van der Waals surface area (Å²) in [5, 5.41) is 3.29. The number of carbonyl (C=O) groups is 1. The maximum absolute atomic E-state index is 11.9. The molecule has 0 amide bonds. The van der Waals surface area contributed by atoms with Gasteiger partial charge in [-0.2, -0.15) is 0 Å². The van der Waals surface area contributed by atoms with Crippen LogP contribution in [-0.4, -0.2) is 49.2 Å². The van der Waals surface area contributed by atoms with Crippen LogP contribution in [0.25, 0.3) is 0 Å². The summed E-state index contributed by atoms with van der Waals surface area (Å²) < 4.78 is 5.16. The molecule has 1 heterocycles. The van der Waals surface area contributed by atoms with Crippen LogP contribution in [0.5, 0.6) is 0 Å². The lowest BCUT2D eigenvalue weighted by molar-refractivity contribution is -0.151. The van der Waals surface area contributed by atoms with Crippen LogP contribution in [0.3, 0.4) is 0 Å². The van der Waals surface area contributed by atoms with E-state index in [0.29, 0.717) is 12.6 Å². The second kappa shape index (κ2) is 5.83. The van der Waals surface area contributed by atoms with Crippen LogP contribution in [0.2, 0.25) is 0 Å². The summed E-state index contributed by atoms with van der Waals surface area (Å²) in [5.41, 5.74) is 0. The Morgan fingerprint density at radius 2 is 2.29 bits per heavy atom. The van der Waals surface area contributed by atoms with Crippen molar-refractivity contribution in [1.82, 2.24) is 10.2 Å². The Balaban J connectivity index is 1.92. The molecular weight excluding hydrogens is 216 g/mol. The van der Waals surface area contributed by atoms with E-state index in [-0.39, 0.29) is 12.0 Å². The number of rotatable bonds is 5. The van der Waals surface area contributed by atoms with Gasteiger partial charge in [0.1, 0.15) is 6.04 Å². The van der Waals surface area contributed by atoms with E-state index in [4.69, 9.17) is 4.74 Å². The lowest BCUT2D eigenvalue weighted by Crippen LogP contribution is -2.58. The van der Waals surface area contributed by atoms with E-state index in [1.165, 1.54) is 19.3 Å². The minimum absolute atomic E-state index is 0.0673. The van der Waals surface area contributed by atoms with Crippen molar-refractivity contribution in [3.05, 3.63) is 0 Å². The van der Waals surface area contributed by atoms with Gasteiger partial charge in [-0.1, -0.05) is 12.8 Å². The second-order valence-electron chi connectivity index (χ2n) is 5.24. The van der Waals surface area contributed by atoms with E-state index in [1.807, 2.05) is 6.92 Å². The molecule has 2 atom stereocenters. The number of hydrogen-bond acceptors (Lipinski definition) is 4. The van der Waals surface area contributed by atoms with E-state index in [2.05, 4.69) is 17.1 Å². The van der Waals surface area contributed by atoms with Gasteiger partial charge in [-0.25, -0.2) is 0 Å². The summed E-state index contributed by atoms with van der Waals surface area (Å²) in [5.74, 6) is 0.838. The summed E-state index contributed by atoms with van der Waals surface area (Å²) in [4.78, 5) is 14.2. The van der Waals surface area contributed by atoms with Crippen molar-refractivity contribution >= 4 is 5.97 Å². The Morgan fingerprint density at radius 1 is 1.53 bits per heavy atom. The number of nitrogens with zero attached hydrogens (tertiary/aromatic N) is 1. The number of nitrogens with one attached hydrogen (secondary N) is 1. The topological polar surface area (TPSA) is 41.6 Å². The van der Waals surface area contributed by atoms with E-state index < -0.39 is 0 Å². The maximum Gasteiger partial charge on any atom is 0.324 e. The molecule has 2 rings (SSSR count). The van der Waals surface area contributed by atoms with E-state index >= 15 is 0 Å². The first-order valence-electron chi connectivity index (χ1n) is 6.85. The maximum atomic E-state index is 11.9. The molecule has 1 aliphatic heterocycles. The molecule has 1 N–H and O–H groups in total. The molecule has 4 nitrogen and oxygen atoms in total. The molecule has 0 aromatic rings. The third-order valence-corrected chi connectivity index (χ3v) is 3.78. The molecule has 98 valence electrons. The van der Waals surface area contributed by atoms with E-state index in [9.17, 15) is 4.79 Å². The minimum atomic E-state index is -0.0857. The molecule has 1 saturated carbocycles. The summed E-state index contributed by atoms with van der Waals surface area (Å²) in [6.45, 7) is 7.25. The number of esters is 1. The van der Waals surface area contributed by atoms with Gasteiger partial charge in [-0.05, 0) is 26.2 Å². The normalized spacial score (nSPS) is 27.8. The highest BCUT2D eigenvalue weighted by Gasteiger charge is 2.35. The van der Waals surface area contributed by atoms with Crippen molar-refractivity contribution < 1.29 is 9.53 Å². The summed E-state index contributed by atoms with van der Waals surface area (Å²) >= 11 is 0. The first-order chi connectivity index (χ1) is 8.22. The van der Waals surface area contributed by atoms with Crippen LogP contribution in [0.1, 0.15) is 33.1 Å². The smallest absolute Gasteiger partial charge is 0.324 e. The van der Waals surface area contributed by atoms with Crippen LogP contribution >= 0.6 is 0 Å². The molecular formula is C13H24N2O2. The first-order valence-corrected chi connectivity index (χ1v) is 6.85. The fraction of sp³-hybridized carbons (Fsp3) is 0.923. The fourth-order valence-corrected chi connectivity index (χ4v) is 2.68. The summed E-state index contributed by atoms with van der Waals surface area (Å²) in [6, 6.07) is 0.413. The highest BCUT2D eigenvalue weighted by atomic mass is 16.5. The molecule has 0 aromatic carbocycles. The van der Waals surface area contributed by atoms with Crippen LogP contribution in [0.4, 0.5) is 0 Å². The zero-order valence-electron chi connectivity index (χ0n) is 10.9. The monoisotopic (exact) mass is 240 g/mol. The van der Waals surface area contributed by atoms with Crippen LogP contribution in [0, 0.1) is 5.92 Å². The van der Waals surface area contributed by atoms with Gasteiger partial charge in [0.15, 0.2) is 0 Å². The molecule has 1 aliphatic carbocycles. The molecule has 0 bridgehead atoms. The largest absolute Gasteiger partial charge is 0.465 e. The predicted octanol–water partition coefficient (Wildman–Crippen LogP) is 1.01. The average molecular weight is 240 g/mol. The van der Waals surface area contributed by atoms with Crippen molar-refractivity contribution in [3.8, 4) is 0 Å². The van der Waals surface area contributed by atoms with Crippen molar-refractivity contribution in [3.63, 3.8) is 0 Å². The van der Waals surface area contributed by atoms with Gasteiger partial charge in [0.05, 0.1) is 6.61 Å². The minimum Gasteiger partial charge on any atom is -0.465 e. The number of carbonyl (C=O) groups excluding carboxylic acids is 1. The molecule has 2 unspecified atom stereocenters. The zero-order chi connectivity index (χ0) is 12.3. The average Bonchev–Trinajstić information content (AvgIpc) is 3.13. The molecule has 0 aromatic heterocycles. The van der Waals surface area contributed by atoms with E-state index in [1.54, 1.807) is 0 Å². The zero-order valence-corrected chi connectivity index (χ0v) is 10.9. The van der Waals surface area contributed by atoms with Gasteiger partial charge in [0.2, 0.25) is 0 Å². The molecule has 2 fully saturated rings. The highest BCUT2D eigenvalue weighted by Crippen LogP contribution is 2.35. The number of ether oxygens (including phenoxy) is 1. The molecule has 0 radical (unpaired) electrons. The molecule has 2 aliphatic rings. The Bertz CT molecular complexity index is 266. The van der Waals surface area contributed by atoms with Crippen molar-refractivity contribution in [2.75, 3.05) is 26.2 Å². The number of piperazine rings is 1. The second-order valence-corrected chi connectivity index (χ2v) is 5.24. The van der Waals surface area contributed by atoms with Gasteiger partial charge < -0.3 is 10.1 Å². The highest BCUT2D eigenvalue weighted by molar-refractivity contribution is 5.76. The first kappa shape index (κ1) is 12.8. The Kier molecular flexibility index (Phi) is 4.40. The van der Waals surface area contributed by atoms with Crippen molar-refractivity contribution in [1.29, 1.82) is 0 Å². The fourth-order valence-electron chi connectivity index (χ4n) is 2.68. The van der Waals surface area contributed by atoms with Crippen LogP contribution in [-0.2, 0) is 9.53 Å². The van der Waals surface area contributed by atoms with Crippen LogP contribution in [0.15, 0.2) is 0 Å². The van der Waals surface area contributed by atoms with Crippen LogP contribution < -0.4 is 5.32 Å². The lowest BCUT2D eigenvalue weighted by atomic mass is 10.1. The van der Waals surface area contributed by atoms with Gasteiger partial charge >= 0.3 is 5.97 Å². The van der Waals surface area contributed by atoms with Gasteiger partial charge in [-0.15, -0.1) is 0 Å². The molecule has 4 heteroatoms. The Hall–Kier alpha value is -0.610. The lowest BCUT2D eigenvalue weighted by Gasteiger charge is -2.38. The third-order valence-electron chi connectivity index (χ3n) is 3.78. The Morgan fingerprint density at radius 3 is 2.94 bits per heavy atom. The molecule has 0 spiro atoms. The summed E-state index contributed by atoms with van der Waals surface area (Å²) in [6.07, 6.45) is 3.98. The predicted molar refractivity (Wildman–Crippen MR) is 66.8 cm³/mol. The molecule has 1 saturated heterocycles. The summed E-state index contributed by atoms with van der Waals surface area (Å²) in [7, 11) is 0. The van der Waals surface area contributed by atoms with Gasteiger partial charge in [0.25, 0.3) is 0 Å². The SMILES string of the molecule is CCOC(=O)C1CNCCN1C(C)CC1CC1. The number of hydrogen-bond donors (Lipinski definition) is 1. The van der Waals surface area contributed by atoms with E-state index in [0.717, 1.165) is 25.6 Å².